The summed E-state index contributed by atoms with van der Waals surface area (Å²) in [5.41, 5.74) is 17.9. The maximum Gasteiger partial charge on any atom is 0.169 e. The molecule has 1 aliphatic heterocycles. The maximum atomic E-state index is 5.07. The van der Waals surface area contributed by atoms with E-state index in [1.165, 1.54) is 55.2 Å². The topological polar surface area (TPSA) is 41.7 Å². The van der Waals surface area contributed by atoms with Crippen LogP contribution >= 0.6 is 0 Å². The molecular weight excluding hydrogens is 693 g/mol. The molecule has 278 valence electrons. The molecule has 1 unspecified atom stereocenters. The summed E-state index contributed by atoms with van der Waals surface area (Å²) in [7, 11) is 0. The van der Waals surface area contributed by atoms with Crippen molar-refractivity contribution in [2.24, 2.45) is 9.98 Å². The van der Waals surface area contributed by atoms with Crippen molar-refractivity contribution in [1.29, 1.82) is 0 Å². The van der Waals surface area contributed by atoms with E-state index in [0.29, 0.717) is 0 Å². The van der Waals surface area contributed by atoms with E-state index in [9.17, 15) is 0 Å². The minimum atomic E-state index is -0.369. The number of benzene rings is 5. The van der Waals surface area contributed by atoms with Crippen molar-refractivity contribution in [1.82, 2.24) is 9.88 Å². The Morgan fingerprint density at radius 1 is 0.684 bits per heavy atom. The lowest BCUT2D eigenvalue weighted by Crippen LogP contribution is -2.38. The van der Waals surface area contributed by atoms with Crippen molar-refractivity contribution in [3.05, 3.63) is 208 Å². The molecule has 1 spiro atoms. The summed E-state index contributed by atoms with van der Waals surface area (Å²) in [5, 5.41) is 6.10. The van der Waals surface area contributed by atoms with Crippen LogP contribution in [0.4, 0.5) is 0 Å². The zero-order valence-corrected chi connectivity index (χ0v) is 32.9. The molecule has 1 N–H and O–H groups in total. The Hall–Kier alpha value is -6.52. The molecule has 2 heterocycles. The van der Waals surface area contributed by atoms with Gasteiger partial charge in [0, 0.05) is 27.6 Å². The Bertz CT molecular complexity index is 2810. The average Bonchev–Trinajstić information content (AvgIpc) is 3.88. The Kier molecular flexibility index (Phi) is 8.52. The fraction of sp³-hybridized carbons (Fsp3) is 0.170. The highest BCUT2D eigenvalue weighted by molar-refractivity contribution is 6.16. The molecule has 4 heteroatoms. The lowest BCUT2D eigenvalue weighted by atomic mass is 9.67. The summed E-state index contributed by atoms with van der Waals surface area (Å²) in [4.78, 5) is 10.0. The number of aliphatic imine (C=N–C) groups is 2. The van der Waals surface area contributed by atoms with Crippen LogP contribution in [0.25, 0.3) is 38.6 Å². The number of hydrogen-bond donors (Lipinski definition) is 1. The number of para-hydroxylation sites is 1. The van der Waals surface area contributed by atoms with Crippen LogP contribution in [0.5, 0.6) is 0 Å². The van der Waals surface area contributed by atoms with Crippen LogP contribution in [0, 0.1) is 0 Å². The van der Waals surface area contributed by atoms with Crippen LogP contribution in [-0.4, -0.2) is 22.4 Å². The van der Waals surface area contributed by atoms with Crippen molar-refractivity contribution < 1.29 is 0 Å². The highest BCUT2D eigenvalue weighted by Gasteiger charge is 2.53. The second kappa shape index (κ2) is 13.9. The SMILES string of the molecule is C=C/C(=C\C)C1N=C(c2ccccc2)NC(c2ccc(-n3c4ccccc4c4cc5c(cc43)-c3ccccc3C53C4=C(CCC=C4)C4=C3C=CCC4)cc2)=N1.CC. The van der Waals surface area contributed by atoms with Crippen molar-refractivity contribution in [3.63, 3.8) is 0 Å². The molecule has 1 aromatic heterocycles. The van der Waals surface area contributed by atoms with E-state index in [1.54, 1.807) is 11.1 Å². The van der Waals surface area contributed by atoms with E-state index in [2.05, 4.69) is 138 Å². The molecule has 4 aliphatic carbocycles. The van der Waals surface area contributed by atoms with Crippen molar-refractivity contribution >= 4 is 33.5 Å². The zero-order chi connectivity index (χ0) is 38.7. The monoisotopic (exact) mass is 738 g/mol. The molecule has 57 heavy (non-hydrogen) atoms. The Morgan fingerprint density at radius 3 is 2.00 bits per heavy atom. The number of hydrogen-bond acceptors (Lipinski definition) is 3. The van der Waals surface area contributed by atoms with Gasteiger partial charge in [0.2, 0.25) is 0 Å². The lowest BCUT2D eigenvalue weighted by molar-refractivity contribution is 0.763. The molecule has 11 rings (SSSR count). The number of aromatic nitrogens is 1. The van der Waals surface area contributed by atoms with Gasteiger partial charge in [-0.05, 0) is 125 Å². The molecule has 6 aromatic rings. The van der Waals surface area contributed by atoms with Crippen LogP contribution in [0.3, 0.4) is 0 Å². The van der Waals surface area contributed by atoms with Gasteiger partial charge in [0.05, 0.1) is 16.4 Å². The number of amidine groups is 2. The van der Waals surface area contributed by atoms with Crippen molar-refractivity contribution in [2.45, 2.75) is 58.0 Å². The second-order valence-corrected chi connectivity index (χ2v) is 15.1. The third kappa shape index (κ3) is 5.13. The summed E-state index contributed by atoms with van der Waals surface area (Å²) < 4.78 is 2.44. The van der Waals surface area contributed by atoms with Crippen molar-refractivity contribution in [2.75, 3.05) is 0 Å². The third-order valence-electron chi connectivity index (χ3n) is 12.4. The van der Waals surface area contributed by atoms with Crippen LogP contribution in [0.1, 0.15) is 68.7 Å². The van der Waals surface area contributed by atoms with Gasteiger partial charge in [0.15, 0.2) is 6.17 Å². The quantitative estimate of drug-likeness (QED) is 0.176. The predicted molar refractivity (Wildman–Crippen MR) is 240 cm³/mol. The lowest BCUT2D eigenvalue weighted by Gasteiger charge is -2.34. The Labute approximate surface area is 335 Å². The Balaban J connectivity index is 0.00000195. The average molecular weight is 739 g/mol. The van der Waals surface area contributed by atoms with Gasteiger partial charge in [-0.25, -0.2) is 9.98 Å². The van der Waals surface area contributed by atoms with Crippen LogP contribution in [0.15, 0.2) is 196 Å². The van der Waals surface area contributed by atoms with Gasteiger partial charge >= 0.3 is 0 Å². The fourth-order valence-electron chi connectivity index (χ4n) is 10.0. The molecule has 1 atom stereocenters. The molecule has 5 aromatic carbocycles. The van der Waals surface area contributed by atoms with E-state index < -0.39 is 0 Å². The summed E-state index contributed by atoms with van der Waals surface area (Å²) >= 11 is 0. The number of nitrogens with one attached hydrogen (secondary N) is 1. The number of rotatable bonds is 5. The molecule has 0 amide bonds. The molecule has 4 nitrogen and oxygen atoms in total. The minimum Gasteiger partial charge on any atom is -0.324 e. The van der Waals surface area contributed by atoms with E-state index in [1.807, 2.05) is 51.1 Å². The number of nitrogens with zero attached hydrogens (tertiary/aromatic N) is 3. The Morgan fingerprint density at radius 2 is 1.32 bits per heavy atom. The van der Waals surface area contributed by atoms with E-state index in [0.717, 1.165) is 59.7 Å². The van der Waals surface area contributed by atoms with Crippen LogP contribution < -0.4 is 5.32 Å². The summed E-state index contributed by atoms with van der Waals surface area (Å²) in [6.45, 7) is 10.1. The molecule has 0 fully saturated rings. The largest absolute Gasteiger partial charge is 0.324 e. The highest BCUT2D eigenvalue weighted by Crippen LogP contribution is 2.64. The van der Waals surface area contributed by atoms with Gasteiger partial charge in [0.25, 0.3) is 0 Å². The molecular formula is C53H46N4. The number of fused-ring (bicyclic) bond motifs is 11. The van der Waals surface area contributed by atoms with Gasteiger partial charge in [-0.1, -0.05) is 130 Å². The second-order valence-electron chi connectivity index (χ2n) is 15.1. The number of allylic oxidation sites excluding steroid dienone is 9. The van der Waals surface area contributed by atoms with Crippen LogP contribution in [-0.2, 0) is 5.41 Å². The summed E-state index contributed by atoms with van der Waals surface area (Å²) in [5.74, 6) is 1.59. The standard InChI is InChI=1S/C51H40N4.C2H6/c1-3-32(4-2)48-52-49(33-16-6-5-7-17-33)54-50(53-48)34-26-28-35(29-27-34)55-46-25-15-11-21-39(46)41-30-45-40(31-47(41)55)38-20-10-14-24-44(38)51(45)42-22-12-8-18-36(42)37-19-9-13-23-43(37)51;1-2/h3-7,10-17,20-31,48H,1,8-9,18-19H2,2H3,(H,52,53,54);1-2H3/b32-4+;. The fourth-order valence-corrected chi connectivity index (χ4v) is 10.0. The summed E-state index contributed by atoms with van der Waals surface area (Å²) in [6, 6.07) is 42.2. The van der Waals surface area contributed by atoms with Gasteiger partial charge in [0.1, 0.15) is 11.7 Å². The third-order valence-corrected chi connectivity index (χ3v) is 12.4. The van der Waals surface area contributed by atoms with Gasteiger partial charge < -0.3 is 9.88 Å². The summed E-state index contributed by atoms with van der Waals surface area (Å²) in [6.07, 6.45) is 17.7. The van der Waals surface area contributed by atoms with Crippen LogP contribution in [0.2, 0.25) is 0 Å². The zero-order valence-electron chi connectivity index (χ0n) is 32.9. The first-order valence-corrected chi connectivity index (χ1v) is 20.5. The van der Waals surface area contributed by atoms with Gasteiger partial charge in [-0.15, -0.1) is 0 Å². The first-order valence-electron chi connectivity index (χ1n) is 20.5. The van der Waals surface area contributed by atoms with Crippen molar-refractivity contribution in [3.8, 4) is 16.8 Å². The first-order chi connectivity index (χ1) is 28.2. The van der Waals surface area contributed by atoms with E-state index in [4.69, 9.17) is 9.98 Å². The van der Waals surface area contributed by atoms with Gasteiger partial charge in [-0.2, -0.15) is 0 Å². The highest BCUT2D eigenvalue weighted by atomic mass is 15.2. The minimum absolute atomic E-state index is 0.282. The molecule has 0 saturated carbocycles. The molecule has 0 radical (unpaired) electrons. The van der Waals surface area contributed by atoms with Gasteiger partial charge in [-0.3, -0.25) is 0 Å². The van der Waals surface area contributed by atoms with E-state index in [-0.39, 0.29) is 11.6 Å². The van der Waals surface area contributed by atoms with E-state index >= 15 is 0 Å². The first kappa shape index (κ1) is 34.9. The molecule has 0 bridgehead atoms. The maximum absolute atomic E-state index is 5.07. The smallest absolute Gasteiger partial charge is 0.169 e. The predicted octanol–water partition coefficient (Wildman–Crippen LogP) is 12.6. The normalized spacial score (nSPS) is 18.7. The molecule has 5 aliphatic rings. The molecule has 0 saturated heterocycles.